The molecule has 0 bridgehead atoms. The lowest BCUT2D eigenvalue weighted by Crippen LogP contribution is -2.51. The Hall–Kier alpha value is -2.45. The number of carbonyl (C=O) groups excluding carboxylic acids is 1. The van der Waals surface area contributed by atoms with Gasteiger partial charge in [-0.3, -0.25) is 9.78 Å². The zero-order valence-corrected chi connectivity index (χ0v) is 18.5. The van der Waals surface area contributed by atoms with Gasteiger partial charge in [-0.1, -0.05) is 6.07 Å². The predicted octanol–water partition coefficient (Wildman–Crippen LogP) is 4.72. The molecule has 31 heavy (non-hydrogen) atoms. The van der Waals surface area contributed by atoms with E-state index in [0.717, 1.165) is 23.9 Å². The minimum Gasteiger partial charge on any atom is -0.457 e. The maximum absolute atomic E-state index is 13.5. The number of aromatic nitrogens is 1. The van der Waals surface area contributed by atoms with E-state index in [4.69, 9.17) is 9.47 Å². The van der Waals surface area contributed by atoms with Crippen molar-refractivity contribution in [3.05, 3.63) is 60.7 Å². The van der Waals surface area contributed by atoms with Crippen LogP contribution in [0, 0.1) is 5.82 Å². The van der Waals surface area contributed by atoms with Gasteiger partial charge in [0.25, 0.3) is 5.91 Å². The molecule has 1 aliphatic heterocycles. The summed E-state index contributed by atoms with van der Waals surface area (Å²) in [6, 6.07) is 11.3. The highest BCUT2D eigenvalue weighted by Crippen LogP contribution is 2.35. The number of pyridine rings is 1. The summed E-state index contributed by atoms with van der Waals surface area (Å²) in [4.78, 5) is 17.2. The molecule has 2 N–H and O–H groups in total. The minimum atomic E-state index is -0.851. The van der Waals surface area contributed by atoms with Gasteiger partial charge in [-0.15, -0.1) is 24.8 Å². The van der Waals surface area contributed by atoms with Gasteiger partial charge in [0.15, 0.2) is 0 Å². The third-order valence-corrected chi connectivity index (χ3v) is 5.27. The number of nitrogens with zero attached hydrogens (tertiary/aromatic N) is 1. The van der Waals surface area contributed by atoms with Crippen molar-refractivity contribution in [3.8, 4) is 11.5 Å². The SMILES string of the molecule is COC1(C(=O)Nc2ccc(Oc3cccc(F)c3)c3ccncc23)CCNCC1.Cl.Cl. The number of anilines is 1. The molecule has 0 unspecified atom stereocenters. The van der Waals surface area contributed by atoms with Crippen LogP contribution in [0.3, 0.4) is 0 Å². The first kappa shape index (κ1) is 24.8. The fourth-order valence-corrected chi connectivity index (χ4v) is 3.61. The van der Waals surface area contributed by atoms with Crippen LogP contribution in [-0.4, -0.2) is 36.7 Å². The standard InChI is InChI=1S/C22H22FN3O3.2ClH/c1-28-22(8-11-24-12-9-22)21(27)26-19-5-6-20(17-7-10-25-14-18(17)19)29-16-4-2-3-15(23)13-16;;/h2-7,10,13-14,24H,8-9,11-12H2,1H3,(H,26,27);2*1H. The first-order chi connectivity index (χ1) is 14.1. The van der Waals surface area contributed by atoms with Gasteiger partial charge in [0.1, 0.15) is 22.9 Å². The Morgan fingerprint density at radius 2 is 1.90 bits per heavy atom. The topological polar surface area (TPSA) is 72.5 Å². The molecule has 1 aromatic heterocycles. The molecule has 166 valence electrons. The minimum absolute atomic E-state index is 0. The zero-order valence-electron chi connectivity index (χ0n) is 16.9. The van der Waals surface area contributed by atoms with Crippen LogP contribution in [0.25, 0.3) is 10.8 Å². The van der Waals surface area contributed by atoms with Crippen LogP contribution < -0.4 is 15.4 Å². The van der Waals surface area contributed by atoms with Gasteiger partial charge in [0, 0.05) is 36.3 Å². The fourth-order valence-electron chi connectivity index (χ4n) is 3.61. The number of halogens is 3. The lowest BCUT2D eigenvalue weighted by Gasteiger charge is -2.34. The van der Waals surface area contributed by atoms with Crippen molar-refractivity contribution in [1.29, 1.82) is 0 Å². The van der Waals surface area contributed by atoms with Gasteiger partial charge in [0.2, 0.25) is 0 Å². The van der Waals surface area contributed by atoms with Crippen molar-refractivity contribution >= 4 is 47.2 Å². The number of rotatable bonds is 5. The second kappa shape index (κ2) is 10.7. The summed E-state index contributed by atoms with van der Waals surface area (Å²) in [5.41, 5.74) is -0.226. The summed E-state index contributed by atoms with van der Waals surface area (Å²) in [6.07, 6.45) is 4.53. The monoisotopic (exact) mass is 467 g/mol. The van der Waals surface area contributed by atoms with Gasteiger partial charge in [-0.2, -0.15) is 0 Å². The summed E-state index contributed by atoms with van der Waals surface area (Å²) in [5.74, 6) is 0.400. The summed E-state index contributed by atoms with van der Waals surface area (Å²) < 4.78 is 25.0. The smallest absolute Gasteiger partial charge is 0.256 e. The van der Waals surface area contributed by atoms with Crippen molar-refractivity contribution in [1.82, 2.24) is 10.3 Å². The highest BCUT2D eigenvalue weighted by molar-refractivity contribution is 6.06. The predicted molar refractivity (Wildman–Crippen MR) is 123 cm³/mol. The molecule has 6 nitrogen and oxygen atoms in total. The van der Waals surface area contributed by atoms with Gasteiger partial charge in [0.05, 0.1) is 5.69 Å². The number of nitrogens with one attached hydrogen (secondary N) is 2. The van der Waals surface area contributed by atoms with E-state index >= 15 is 0 Å². The van der Waals surface area contributed by atoms with E-state index < -0.39 is 5.60 Å². The van der Waals surface area contributed by atoms with Crippen molar-refractivity contribution in [2.24, 2.45) is 0 Å². The molecule has 2 heterocycles. The van der Waals surface area contributed by atoms with Crippen LogP contribution in [-0.2, 0) is 9.53 Å². The number of benzene rings is 2. The number of carbonyl (C=O) groups is 1. The maximum atomic E-state index is 13.5. The average molecular weight is 468 g/mol. The Morgan fingerprint density at radius 3 is 2.61 bits per heavy atom. The second-order valence-electron chi connectivity index (χ2n) is 6.99. The third kappa shape index (κ3) is 5.25. The highest BCUT2D eigenvalue weighted by Gasteiger charge is 2.39. The summed E-state index contributed by atoms with van der Waals surface area (Å²) in [7, 11) is 1.57. The fraction of sp³-hybridized carbons (Fsp3) is 0.273. The Bertz CT molecular complexity index is 1050. The number of ether oxygens (including phenoxy) is 2. The van der Waals surface area contributed by atoms with Gasteiger partial charge < -0.3 is 20.1 Å². The molecule has 2 aromatic carbocycles. The largest absolute Gasteiger partial charge is 0.457 e. The zero-order chi connectivity index (χ0) is 20.3. The third-order valence-electron chi connectivity index (χ3n) is 5.27. The van der Waals surface area contributed by atoms with Crippen LogP contribution in [0.5, 0.6) is 11.5 Å². The number of piperidine rings is 1. The number of hydrogen-bond donors (Lipinski definition) is 2. The van der Waals surface area contributed by atoms with E-state index in [1.165, 1.54) is 12.1 Å². The molecule has 9 heteroatoms. The number of fused-ring (bicyclic) bond motifs is 1. The summed E-state index contributed by atoms with van der Waals surface area (Å²) in [6.45, 7) is 1.45. The quantitative estimate of drug-likeness (QED) is 0.567. The van der Waals surface area contributed by atoms with Crippen molar-refractivity contribution < 1.29 is 18.7 Å². The number of methoxy groups -OCH3 is 1. The number of hydrogen-bond acceptors (Lipinski definition) is 5. The van der Waals surface area contributed by atoms with Gasteiger partial charge in [-0.05, 0) is 56.3 Å². The van der Waals surface area contributed by atoms with Crippen LogP contribution in [0.4, 0.5) is 10.1 Å². The van der Waals surface area contributed by atoms with E-state index in [1.807, 2.05) is 0 Å². The molecule has 0 radical (unpaired) electrons. The van der Waals surface area contributed by atoms with E-state index in [0.29, 0.717) is 30.0 Å². The van der Waals surface area contributed by atoms with Crippen LogP contribution in [0.1, 0.15) is 12.8 Å². The normalized spacial score (nSPS) is 14.8. The van der Waals surface area contributed by atoms with Crippen molar-refractivity contribution in [2.45, 2.75) is 18.4 Å². The van der Waals surface area contributed by atoms with E-state index in [1.54, 1.807) is 49.8 Å². The van der Waals surface area contributed by atoms with E-state index in [-0.39, 0.29) is 36.5 Å². The lowest BCUT2D eigenvalue weighted by molar-refractivity contribution is -0.140. The summed E-state index contributed by atoms with van der Waals surface area (Å²) in [5, 5.41) is 7.74. The number of amides is 1. The molecule has 0 atom stereocenters. The molecule has 1 saturated heterocycles. The Morgan fingerprint density at radius 1 is 1.13 bits per heavy atom. The Kier molecular flexibility index (Phi) is 8.59. The van der Waals surface area contributed by atoms with E-state index in [9.17, 15) is 9.18 Å². The van der Waals surface area contributed by atoms with Crippen LogP contribution in [0.2, 0.25) is 0 Å². The molecule has 0 spiro atoms. The van der Waals surface area contributed by atoms with Crippen LogP contribution >= 0.6 is 24.8 Å². The van der Waals surface area contributed by atoms with Crippen LogP contribution in [0.15, 0.2) is 54.9 Å². The molecule has 0 aliphatic carbocycles. The Labute approximate surface area is 192 Å². The molecular formula is C22H24Cl2FN3O3. The average Bonchev–Trinajstić information content (AvgIpc) is 2.76. The van der Waals surface area contributed by atoms with E-state index in [2.05, 4.69) is 15.6 Å². The van der Waals surface area contributed by atoms with Gasteiger partial charge in [-0.25, -0.2) is 4.39 Å². The maximum Gasteiger partial charge on any atom is 0.256 e. The molecule has 1 aliphatic rings. The van der Waals surface area contributed by atoms with Gasteiger partial charge >= 0.3 is 0 Å². The first-order valence-electron chi connectivity index (χ1n) is 9.49. The molecule has 1 fully saturated rings. The molecule has 4 rings (SSSR count). The summed E-state index contributed by atoms with van der Waals surface area (Å²) >= 11 is 0. The molecular weight excluding hydrogens is 444 g/mol. The lowest BCUT2D eigenvalue weighted by atomic mass is 9.91. The Balaban J connectivity index is 0.00000171. The van der Waals surface area contributed by atoms with Crippen molar-refractivity contribution in [2.75, 3.05) is 25.5 Å². The van der Waals surface area contributed by atoms with Crippen molar-refractivity contribution in [3.63, 3.8) is 0 Å². The second-order valence-corrected chi connectivity index (χ2v) is 6.99. The first-order valence-corrected chi connectivity index (χ1v) is 9.49. The highest BCUT2D eigenvalue weighted by atomic mass is 35.5. The molecule has 1 amide bonds. The molecule has 0 saturated carbocycles. The molecule has 3 aromatic rings.